The Hall–Kier alpha value is -2.29. The molecule has 0 bridgehead atoms. The number of sulfonamides is 1. The molecule has 14 heteroatoms. The van der Waals surface area contributed by atoms with Gasteiger partial charge in [-0.25, -0.2) is 13.2 Å². The minimum absolute atomic E-state index is 0.0910. The van der Waals surface area contributed by atoms with Gasteiger partial charge in [-0.3, -0.25) is 19.7 Å². The average Bonchev–Trinajstić information content (AvgIpc) is 3.53. The first-order valence-corrected chi connectivity index (χ1v) is 17.0. The van der Waals surface area contributed by atoms with Crippen molar-refractivity contribution in [3.63, 3.8) is 0 Å². The first-order valence-electron chi connectivity index (χ1n) is 15.4. The highest BCUT2D eigenvalue weighted by Gasteiger charge is 2.43. The van der Waals surface area contributed by atoms with E-state index >= 15 is 0 Å². The molecule has 2 fully saturated rings. The Morgan fingerprint density at radius 2 is 1.63 bits per heavy atom. The van der Waals surface area contributed by atoms with Crippen molar-refractivity contribution in [2.45, 2.75) is 117 Å². The van der Waals surface area contributed by atoms with E-state index in [-0.39, 0.29) is 18.2 Å². The SMILES string of the molecule is CCCCC(NC(O)[C@@H]1CCCN1C(=O)[C@@H](NC(=O)N[C@H](CN1CCCS1(=O)=O)C(C)(C)C)C(C)(C)C)C(=O)C(=O)NC. The number of amides is 4. The third kappa shape index (κ3) is 10.1. The van der Waals surface area contributed by atoms with Gasteiger partial charge in [0.2, 0.25) is 21.7 Å². The molecule has 2 heterocycles. The van der Waals surface area contributed by atoms with Gasteiger partial charge in [0.1, 0.15) is 12.3 Å². The zero-order valence-electron chi connectivity index (χ0n) is 27.2. The largest absolute Gasteiger partial charge is 0.376 e. The number of likely N-dealkylation sites (tertiary alicyclic amines) is 1. The van der Waals surface area contributed by atoms with E-state index in [1.54, 1.807) is 0 Å². The molecule has 2 unspecified atom stereocenters. The van der Waals surface area contributed by atoms with Crippen LogP contribution in [-0.2, 0) is 24.4 Å². The molecule has 2 saturated heterocycles. The maximum atomic E-state index is 14.0. The number of carbonyl (C=O) groups is 4. The van der Waals surface area contributed by atoms with Crippen LogP contribution in [0.1, 0.15) is 87.0 Å². The summed E-state index contributed by atoms with van der Waals surface area (Å²) in [5.74, 6) is -1.71. The van der Waals surface area contributed by atoms with Gasteiger partial charge in [-0.05, 0) is 36.5 Å². The summed E-state index contributed by atoms with van der Waals surface area (Å²) < 4.78 is 26.3. The molecule has 5 atom stereocenters. The van der Waals surface area contributed by atoms with Crippen molar-refractivity contribution in [1.82, 2.24) is 30.5 Å². The highest BCUT2D eigenvalue weighted by atomic mass is 32.2. The monoisotopic (exact) mass is 630 g/mol. The number of nitrogens with zero attached hydrogens (tertiary/aromatic N) is 2. The Morgan fingerprint density at radius 1 is 0.977 bits per heavy atom. The number of ketones is 1. The standard InChI is InChI=1S/C29H54N6O7S/c1-9-10-13-19(22(36)25(38)30-8)31-24(37)20-14-11-16-35(20)26(39)23(29(5,6)7)33-27(40)32-21(28(2,3)4)18-34-15-12-17-43(34,41)42/h19-21,23-24,31,37H,9-18H2,1-8H3,(H,30,38)(H2,32,33,40)/t19?,20-,21+,23+,24?/m0/s1. The van der Waals surface area contributed by atoms with Crippen LogP contribution < -0.4 is 21.3 Å². The number of rotatable bonds is 13. The van der Waals surface area contributed by atoms with Gasteiger partial charge in [0.15, 0.2) is 0 Å². The molecule has 2 rings (SSSR count). The predicted molar refractivity (Wildman–Crippen MR) is 164 cm³/mol. The van der Waals surface area contributed by atoms with Crippen molar-refractivity contribution < 1.29 is 32.7 Å². The fourth-order valence-electron chi connectivity index (χ4n) is 5.47. The maximum Gasteiger partial charge on any atom is 0.315 e. The number of hydrogen-bond acceptors (Lipinski definition) is 8. The third-order valence-corrected chi connectivity index (χ3v) is 10.2. The van der Waals surface area contributed by atoms with Crippen LogP contribution >= 0.6 is 0 Å². The van der Waals surface area contributed by atoms with Gasteiger partial charge in [0.25, 0.3) is 5.91 Å². The number of unbranched alkanes of at least 4 members (excludes halogenated alkanes) is 1. The predicted octanol–water partition coefficient (Wildman–Crippen LogP) is 0.923. The lowest BCUT2D eigenvalue weighted by molar-refractivity contribution is -0.141. The molecule has 2 aliphatic rings. The Morgan fingerprint density at radius 3 is 2.14 bits per heavy atom. The van der Waals surface area contributed by atoms with Crippen LogP contribution in [0.5, 0.6) is 0 Å². The van der Waals surface area contributed by atoms with Gasteiger partial charge < -0.3 is 26.0 Å². The molecular formula is C29H54N6O7S. The van der Waals surface area contributed by atoms with Gasteiger partial charge in [-0.15, -0.1) is 0 Å². The number of Topliss-reactive ketones (excluding diaryl/α,β-unsaturated/α-hetero) is 1. The molecule has 0 aromatic carbocycles. The molecule has 13 nitrogen and oxygen atoms in total. The van der Waals surface area contributed by atoms with Crippen LogP contribution in [0.2, 0.25) is 0 Å². The van der Waals surface area contributed by atoms with E-state index in [1.807, 2.05) is 48.5 Å². The zero-order valence-corrected chi connectivity index (χ0v) is 28.0. The number of urea groups is 1. The van der Waals surface area contributed by atoms with Gasteiger partial charge in [-0.1, -0.05) is 61.3 Å². The molecule has 43 heavy (non-hydrogen) atoms. The summed E-state index contributed by atoms with van der Waals surface area (Å²) in [6.45, 7) is 14.1. The summed E-state index contributed by atoms with van der Waals surface area (Å²) >= 11 is 0. The molecule has 0 aromatic rings. The Bertz CT molecular complexity index is 1100. The zero-order chi connectivity index (χ0) is 32.8. The van der Waals surface area contributed by atoms with Crippen LogP contribution in [0.25, 0.3) is 0 Å². The lowest BCUT2D eigenvalue weighted by Crippen LogP contribution is -2.62. The molecule has 0 saturated carbocycles. The van der Waals surface area contributed by atoms with Crippen LogP contribution in [-0.4, -0.2) is 109 Å². The van der Waals surface area contributed by atoms with E-state index in [1.165, 1.54) is 16.3 Å². The van der Waals surface area contributed by atoms with Crippen molar-refractivity contribution in [1.29, 1.82) is 0 Å². The fourth-order valence-corrected chi connectivity index (χ4v) is 7.01. The van der Waals surface area contributed by atoms with Crippen LogP contribution in [0.4, 0.5) is 4.79 Å². The first kappa shape index (κ1) is 36.9. The molecule has 0 radical (unpaired) electrons. The van der Waals surface area contributed by atoms with E-state index < -0.39 is 69.0 Å². The highest BCUT2D eigenvalue weighted by Crippen LogP contribution is 2.28. The van der Waals surface area contributed by atoms with Crippen molar-refractivity contribution in [3.05, 3.63) is 0 Å². The molecule has 0 aromatic heterocycles. The maximum absolute atomic E-state index is 14.0. The van der Waals surface area contributed by atoms with Crippen molar-refractivity contribution in [2.75, 3.05) is 32.4 Å². The molecular weight excluding hydrogens is 576 g/mol. The van der Waals surface area contributed by atoms with E-state index in [9.17, 15) is 32.7 Å². The number of aliphatic hydroxyl groups excluding tert-OH is 1. The van der Waals surface area contributed by atoms with Gasteiger partial charge in [0.05, 0.1) is 17.8 Å². The highest BCUT2D eigenvalue weighted by molar-refractivity contribution is 7.89. The second kappa shape index (κ2) is 15.1. The Labute approximate surface area is 257 Å². The van der Waals surface area contributed by atoms with Gasteiger partial charge >= 0.3 is 6.03 Å². The number of likely N-dealkylation sites (N-methyl/N-ethyl adjacent to an activating group) is 1. The summed E-state index contributed by atoms with van der Waals surface area (Å²) in [4.78, 5) is 53.5. The van der Waals surface area contributed by atoms with Crippen LogP contribution in [0.3, 0.4) is 0 Å². The summed E-state index contributed by atoms with van der Waals surface area (Å²) in [6, 6.07) is -3.62. The minimum atomic E-state index is -3.36. The molecule has 2 aliphatic heterocycles. The molecule has 4 amide bonds. The van der Waals surface area contributed by atoms with Crippen molar-refractivity contribution in [3.8, 4) is 0 Å². The molecule has 5 N–H and O–H groups in total. The number of hydrogen-bond donors (Lipinski definition) is 5. The summed E-state index contributed by atoms with van der Waals surface area (Å²) in [5, 5.41) is 22.1. The van der Waals surface area contributed by atoms with Crippen LogP contribution in [0, 0.1) is 10.8 Å². The number of carbonyl (C=O) groups excluding carboxylic acids is 4. The first-order chi connectivity index (χ1) is 19.8. The summed E-state index contributed by atoms with van der Waals surface area (Å²) in [5.41, 5.74) is -1.17. The number of aliphatic hydroxyl groups is 1. The fraction of sp³-hybridized carbons (Fsp3) is 0.862. The van der Waals surface area contributed by atoms with E-state index in [0.717, 1.165) is 6.42 Å². The second-order valence-electron chi connectivity index (χ2n) is 13.9. The second-order valence-corrected chi connectivity index (χ2v) is 15.9. The third-order valence-electron chi connectivity index (χ3n) is 8.26. The van der Waals surface area contributed by atoms with E-state index in [2.05, 4.69) is 21.3 Å². The lowest BCUT2D eigenvalue weighted by atomic mass is 9.85. The van der Waals surface area contributed by atoms with E-state index in [4.69, 9.17) is 0 Å². The summed E-state index contributed by atoms with van der Waals surface area (Å²) in [7, 11) is -1.99. The normalized spacial score (nSPS) is 22.0. The van der Waals surface area contributed by atoms with Crippen molar-refractivity contribution in [2.24, 2.45) is 10.8 Å². The van der Waals surface area contributed by atoms with Crippen molar-refractivity contribution >= 4 is 33.7 Å². The summed E-state index contributed by atoms with van der Waals surface area (Å²) in [6.07, 6.45) is 2.22. The Kier molecular flexibility index (Phi) is 13.0. The topological polar surface area (TPSA) is 177 Å². The average molecular weight is 631 g/mol. The molecule has 248 valence electrons. The van der Waals surface area contributed by atoms with Gasteiger partial charge in [-0.2, -0.15) is 4.31 Å². The molecule has 0 spiro atoms. The minimum Gasteiger partial charge on any atom is -0.376 e. The smallest absolute Gasteiger partial charge is 0.315 e. The van der Waals surface area contributed by atoms with Crippen LogP contribution in [0.15, 0.2) is 0 Å². The quantitative estimate of drug-likeness (QED) is 0.147. The number of nitrogens with one attached hydrogen (secondary N) is 4. The lowest BCUT2D eigenvalue weighted by Gasteiger charge is -2.39. The molecule has 0 aliphatic carbocycles. The van der Waals surface area contributed by atoms with Gasteiger partial charge in [0, 0.05) is 32.7 Å². The Balaban J connectivity index is 2.19. The van der Waals surface area contributed by atoms with E-state index in [0.29, 0.717) is 45.2 Å².